The van der Waals surface area contributed by atoms with E-state index >= 15 is 0 Å². The van der Waals surface area contributed by atoms with Gasteiger partial charge in [-0.25, -0.2) is 8.42 Å². The van der Waals surface area contributed by atoms with Crippen molar-refractivity contribution in [3.63, 3.8) is 0 Å². The highest BCUT2D eigenvalue weighted by Gasteiger charge is 2.31. The predicted octanol–water partition coefficient (Wildman–Crippen LogP) is 4.74. The number of nitrogens with one attached hydrogen (secondary N) is 1. The summed E-state index contributed by atoms with van der Waals surface area (Å²) in [5.74, 6) is -0.966. The molecule has 2 amide bonds. The van der Waals surface area contributed by atoms with Crippen molar-refractivity contribution in [1.29, 1.82) is 0 Å². The molecule has 2 rings (SSSR count). The maximum Gasteiger partial charge on any atom is 0.244 e. The minimum absolute atomic E-state index is 0.0220. The van der Waals surface area contributed by atoms with E-state index in [0.29, 0.717) is 20.6 Å². The number of hydrogen-bond acceptors (Lipinski definition) is 4. The fourth-order valence-corrected chi connectivity index (χ4v) is 4.56. The molecule has 0 aromatic heterocycles. The SMILES string of the molecule is C[C@@H](C(=O)NC(C)(C)C)N(Cc1ccc(Cl)cc1Cl)C(=O)CN(c1ccc(Cl)cc1)S(C)(=O)=O. The summed E-state index contributed by atoms with van der Waals surface area (Å²) < 4.78 is 26.0. The average molecular weight is 549 g/mol. The fourth-order valence-electron chi connectivity index (χ4n) is 3.11. The number of carbonyl (C=O) groups excluding carboxylic acids is 2. The summed E-state index contributed by atoms with van der Waals surface area (Å²) in [6, 6.07) is 9.99. The molecular weight excluding hydrogens is 521 g/mol. The molecule has 0 aliphatic carbocycles. The molecule has 11 heteroatoms. The van der Waals surface area contributed by atoms with Gasteiger partial charge in [0.15, 0.2) is 0 Å². The van der Waals surface area contributed by atoms with Crippen molar-refractivity contribution in [3.05, 3.63) is 63.1 Å². The lowest BCUT2D eigenvalue weighted by Crippen LogP contribution is -2.54. The molecule has 1 atom stereocenters. The number of hydrogen-bond donors (Lipinski definition) is 1. The van der Waals surface area contributed by atoms with Gasteiger partial charge in [0.1, 0.15) is 12.6 Å². The Morgan fingerprint density at radius 3 is 2.06 bits per heavy atom. The molecule has 0 saturated heterocycles. The molecule has 0 aliphatic heterocycles. The van der Waals surface area contributed by atoms with Crippen LogP contribution in [0, 0.1) is 0 Å². The number of rotatable bonds is 8. The molecule has 0 saturated carbocycles. The predicted molar refractivity (Wildman–Crippen MR) is 138 cm³/mol. The molecule has 2 aromatic carbocycles. The molecule has 0 bridgehead atoms. The van der Waals surface area contributed by atoms with Crippen LogP contribution in [0.4, 0.5) is 5.69 Å². The van der Waals surface area contributed by atoms with Crippen LogP contribution in [0.5, 0.6) is 0 Å². The molecule has 0 radical (unpaired) electrons. The van der Waals surface area contributed by atoms with E-state index in [-0.39, 0.29) is 18.1 Å². The lowest BCUT2D eigenvalue weighted by atomic mass is 10.1. The van der Waals surface area contributed by atoms with Crippen molar-refractivity contribution in [2.75, 3.05) is 17.1 Å². The first kappa shape index (κ1) is 28.2. The Morgan fingerprint density at radius 1 is 1.00 bits per heavy atom. The van der Waals surface area contributed by atoms with Crippen molar-refractivity contribution in [2.45, 2.75) is 45.8 Å². The zero-order valence-electron chi connectivity index (χ0n) is 19.6. The normalized spacial score (nSPS) is 12.7. The summed E-state index contributed by atoms with van der Waals surface area (Å²) in [6.07, 6.45) is 1.00. The highest BCUT2D eigenvalue weighted by atomic mass is 35.5. The van der Waals surface area contributed by atoms with Crippen LogP contribution in [-0.2, 0) is 26.2 Å². The van der Waals surface area contributed by atoms with Gasteiger partial charge in [-0.05, 0) is 69.7 Å². The van der Waals surface area contributed by atoms with Gasteiger partial charge < -0.3 is 10.2 Å². The molecule has 0 heterocycles. The van der Waals surface area contributed by atoms with E-state index < -0.39 is 34.1 Å². The Labute approximate surface area is 216 Å². The Bertz CT molecular complexity index is 1150. The van der Waals surface area contributed by atoms with Gasteiger partial charge >= 0.3 is 0 Å². The maximum absolute atomic E-state index is 13.5. The van der Waals surface area contributed by atoms with E-state index in [2.05, 4.69) is 5.32 Å². The third-order valence-electron chi connectivity index (χ3n) is 4.82. The summed E-state index contributed by atoms with van der Waals surface area (Å²) >= 11 is 18.2. The molecule has 2 aromatic rings. The largest absolute Gasteiger partial charge is 0.350 e. The molecule has 0 spiro atoms. The number of amides is 2. The van der Waals surface area contributed by atoms with Crippen LogP contribution >= 0.6 is 34.8 Å². The molecule has 34 heavy (non-hydrogen) atoms. The topological polar surface area (TPSA) is 86.8 Å². The lowest BCUT2D eigenvalue weighted by Gasteiger charge is -2.33. The maximum atomic E-state index is 13.5. The highest BCUT2D eigenvalue weighted by Crippen LogP contribution is 2.25. The monoisotopic (exact) mass is 547 g/mol. The van der Waals surface area contributed by atoms with Gasteiger partial charge in [0.2, 0.25) is 21.8 Å². The van der Waals surface area contributed by atoms with Crippen molar-refractivity contribution in [2.24, 2.45) is 0 Å². The van der Waals surface area contributed by atoms with E-state index in [0.717, 1.165) is 10.6 Å². The first-order chi connectivity index (χ1) is 15.6. The van der Waals surface area contributed by atoms with Crippen LogP contribution in [-0.4, -0.2) is 49.5 Å². The second-order valence-corrected chi connectivity index (χ2v) is 12.1. The minimum atomic E-state index is -3.82. The molecule has 186 valence electrons. The lowest BCUT2D eigenvalue weighted by molar-refractivity contribution is -0.140. The average Bonchev–Trinajstić information content (AvgIpc) is 2.69. The number of sulfonamides is 1. The van der Waals surface area contributed by atoms with Gasteiger partial charge in [0.25, 0.3) is 0 Å². The third-order valence-corrected chi connectivity index (χ3v) is 6.79. The van der Waals surface area contributed by atoms with Gasteiger partial charge in [-0.2, -0.15) is 0 Å². The number of anilines is 1. The molecule has 0 aliphatic rings. The van der Waals surface area contributed by atoms with Crippen LogP contribution in [0.2, 0.25) is 15.1 Å². The summed E-state index contributed by atoms with van der Waals surface area (Å²) in [5.41, 5.74) is 0.309. The molecule has 0 fully saturated rings. The number of nitrogens with zero attached hydrogens (tertiary/aromatic N) is 2. The van der Waals surface area contributed by atoms with Crippen LogP contribution in [0.1, 0.15) is 33.3 Å². The summed E-state index contributed by atoms with van der Waals surface area (Å²) in [7, 11) is -3.82. The van der Waals surface area contributed by atoms with E-state index in [4.69, 9.17) is 34.8 Å². The molecular formula is C23H28Cl3N3O4S. The number of benzene rings is 2. The first-order valence-electron chi connectivity index (χ1n) is 10.4. The van der Waals surface area contributed by atoms with Crippen molar-refractivity contribution < 1.29 is 18.0 Å². The van der Waals surface area contributed by atoms with E-state index in [1.165, 1.54) is 35.2 Å². The van der Waals surface area contributed by atoms with E-state index in [9.17, 15) is 18.0 Å². The highest BCUT2D eigenvalue weighted by molar-refractivity contribution is 7.92. The van der Waals surface area contributed by atoms with Crippen molar-refractivity contribution in [1.82, 2.24) is 10.2 Å². The van der Waals surface area contributed by atoms with Crippen LogP contribution in [0.15, 0.2) is 42.5 Å². The zero-order chi connectivity index (χ0) is 25.8. The molecule has 7 nitrogen and oxygen atoms in total. The minimum Gasteiger partial charge on any atom is -0.350 e. The summed E-state index contributed by atoms with van der Waals surface area (Å²) in [6.45, 7) is 6.52. The molecule has 0 unspecified atom stereocenters. The zero-order valence-corrected chi connectivity index (χ0v) is 22.7. The van der Waals surface area contributed by atoms with E-state index in [1.54, 1.807) is 19.1 Å². The smallest absolute Gasteiger partial charge is 0.244 e. The first-order valence-corrected chi connectivity index (χ1v) is 13.4. The Hall–Kier alpha value is -2.00. The summed E-state index contributed by atoms with van der Waals surface area (Å²) in [5, 5.41) is 4.03. The van der Waals surface area contributed by atoms with Crippen LogP contribution < -0.4 is 9.62 Å². The second-order valence-electron chi connectivity index (χ2n) is 8.92. The van der Waals surface area contributed by atoms with Crippen molar-refractivity contribution >= 4 is 62.3 Å². The second kappa shape index (κ2) is 11.2. The number of carbonyl (C=O) groups is 2. The Morgan fingerprint density at radius 2 is 1.56 bits per heavy atom. The Balaban J connectivity index is 2.43. The van der Waals surface area contributed by atoms with Gasteiger partial charge in [-0.15, -0.1) is 0 Å². The number of halogens is 3. The van der Waals surface area contributed by atoms with E-state index in [1.807, 2.05) is 20.8 Å². The van der Waals surface area contributed by atoms with Gasteiger partial charge in [-0.1, -0.05) is 40.9 Å². The fraction of sp³-hybridized carbons (Fsp3) is 0.391. The van der Waals surface area contributed by atoms with Gasteiger partial charge in [0, 0.05) is 27.2 Å². The third kappa shape index (κ3) is 8.05. The van der Waals surface area contributed by atoms with Crippen molar-refractivity contribution in [3.8, 4) is 0 Å². The van der Waals surface area contributed by atoms with Crippen LogP contribution in [0.25, 0.3) is 0 Å². The summed E-state index contributed by atoms with van der Waals surface area (Å²) in [4.78, 5) is 27.7. The van der Waals surface area contributed by atoms with Gasteiger partial charge in [0.05, 0.1) is 11.9 Å². The van der Waals surface area contributed by atoms with Crippen LogP contribution in [0.3, 0.4) is 0 Å². The molecule has 1 N–H and O–H groups in total. The van der Waals surface area contributed by atoms with Gasteiger partial charge in [-0.3, -0.25) is 13.9 Å². The quantitative estimate of drug-likeness (QED) is 0.516. The Kier molecular flexibility index (Phi) is 9.27. The standard InChI is InChI=1S/C23H28Cl3N3O4S/c1-15(22(31)27-23(2,3)4)28(13-16-6-7-18(25)12-20(16)26)21(30)14-29(34(5,32)33)19-10-8-17(24)9-11-19/h6-12,15H,13-14H2,1-5H3,(H,27,31)/t15-/m0/s1.